The minimum Gasteiger partial charge on any atom is -0.357 e. The van der Waals surface area contributed by atoms with Crippen molar-refractivity contribution >= 4 is 11.9 Å². The molecule has 1 atom stereocenters. The monoisotopic (exact) mass is 365 g/mol. The van der Waals surface area contributed by atoms with Crippen molar-refractivity contribution in [2.24, 2.45) is 10.9 Å². The third kappa shape index (κ3) is 7.09. The smallest absolute Gasteiger partial charge is 0.357 e. The zero-order valence-electron chi connectivity index (χ0n) is 15.5. The molecular weight excluding hydrogens is 335 g/mol. The van der Waals surface area contributed by atoms with Gasteiger partial charge in [0, 0.05) is 45.2 Å². The summed E-state index contributed by atoms with van der Waals surface area (Å²) >= 11 is 0. The normalized spacial score (nSPS) is 18.4. The molecule has 1 aliphatic rings. The minimum absolute atomic E-state index is 0.0186. The maximum Gasteiger partial charge on any atom is 0.403 e. The summed E-state index contributed by atoms with van der Waals surface area (Å²) in [6.45, 7) is 10.0. The molecule has 0 aromatic heterocycles. The fraction of sp³-hybridized carbons (Fsp3) is 0.875. The SMILES string of the molecule is CCNC(=NCCNC(=O)C(C)C)N1CCN(C(C)C(F)(F)F)CC1. The number of amides is 1. The number of carbonyl (C=O) groups excluding carboxylic acids is 1. The molecule has 25 heavy (non-hydrogen) atoms. The maximum absolute atomic E-state index is 12.8. The van der Waals surface area contributed by atoms with Gasteiger partial charge >= 0.3 is 6.18 Å². The Morgan fingerprint density at radius 3 is 2.20 bits per heavy atom. The molecule has 1 unspecified atom stereocenters. The number of piperazine rings is 1. The van der Waals surface area contributed by atoms with Crippen molar-refractivity contribution in [1.82, 2.24) is 20.4 Å². The Morgan fingerprint density at radius 1 is 1.12 bits per heavy atom. The van der Waals surface area contributed by atoms with Gasteiger partial charge in [0.15, 0.2) is 5.96 Å². The number of aliphatic imine (C=N–C) groups is 1. The summed E-state index contributed by atoms with van der Waals surface area (Å²) in [6, 6.07) is -1.43. The van der Waals surface area contributed by atoms with Gasteiger partial charge in [-0.2, -0.15) is 13.2 Å². The molecular formula is C16H30F3N5O. The second-order valence-corrected chi connectivity index (χ2v) is 6.42. The fourth-order valence-corrected chi connectivity index (χ4v) is 2.50. The largest absolute Gasteiger partial charge is 0.403 e. The Kier molecular flexibility index (Phi) is 8.47. The van der Waals surface area contributed by atoms with Gasteiger partial charge in [-0.15, -0.1) is 0 Å². The van der Waals surface area contributed by atoms with E-state index in [4.69, 9.17) is 0 Å². The van der Waals surface area contributed by atoms with Crippen LogP contribution >= 0.6 is 0 Å². The molecule has 0 spiro atoms. The van der Waals surface area contributed by atoms with Crippen LogP contribution in [0.25, 0.3) is 0 Å². The number of alkyl halides is 3. The third-order valence-corrected chi connectivity index (χ3v) is 4.17. The van der Waals surface area contributed by atoms with Crippen molar-refractivity contribution < 1.29 is 18.0 Å². The van der Waals surface area contributed by atoms with Gasteiger partial charge in [-0.25, -0.2) is 0 Å². The minimum atomic E-state index is -4.20. The van der Waals surface area contributed by atoms with Gasteiger partial charge in [-0.1, -0.05) is 13.8 Å². The standard InChI is InChI=1S/C16H30F3N5O/c1-5-20-15(22-7-6-21-14(25)12(2)3)24-10-8-23(9-11-24)13(4)16(17,18)19/h12-13H,5-11H2,1-4H3,(H,20,22)(H,21,25). The summed E-state index contributed by atoms with van der Waals surface area (Å²) in [5, 5.41) is 5.96. The highest BCUT2D eigenvalue weighted by Crippen LogP contribution is 2.25. The van der Waals surface area contributed by atoms with Gasteiger partial charge in [0.25, 0.3) is 0 Å². The molecule has 1 heterocycles. The van der Waals surface area contributed by atoms with E-state index in [2.05, 4.69) is 15.6 Å². The first-order valence-corrected chi connectivity index (χ1v) is 8.78. The van der Waals surface area contributed by atoms with Crippen LogP contribution in [0.5, 0.6) is 0 Å². The first-order chi connectivity index (χ1) is 11.7. The molecule has 1 rings (SSSR count). The maximum atomic E-state index is 12.8. The van der Waals surface area contributed by atoms with E-state index in [1.54, 1.807) is 0 Å². The molecule has 0 radical (unpaired) electrons. The highest BCUT2D eigenvalue weighted by Gasteiger charge is 2.41. The highest BCUT2D eigenvalue weighted by molar-refractivity contribution is 5.80. The van der Waals surface area contributed by atoms with Crippen LogP contribution in [0, 0.1) is 5.92 Å². The van der Waals surface area contributed by atoms with Gasteiger partial charge in [-0.3, -0.25) is 14.7 Å². The molecule has 2 N–H and O–H groups in total. The molecule has 6 nitrogen and oxygen atoms in total. The van der Waals surface area contributed by atoms with E-state index < -0.39 is 12.2 Å². The van der Waals surface area contributed by atoms with Crippen molar-refractivity contribution in [3.8, 4) is 0 Å². The third-order valence-electron chi connectivity index (χ3n) is 4.17. The van der Waals surface area contributed by atoms with Crippen molar-refractivity contribution in [2.75, 3.05) is 45.8 Å². The van der Waals surface area contributed by atoms with Crippen LogP contribution in [0.2, 0.25) is 0 Å². The predicted molar refractivity (Wildman–Crippen MR) is 92.5 cm³/mol. The summed E-state index contributed by atoms with van der Waals surface area (Å²) in [6.07, 6.45) is -4.20. The first-order valence-electron chi connectivity index (χ1n) is 8.78. The fourth-order valence-electron chi connectivity index (χ4n) is 2.50. The lowest BCUT2D eigenvalue weighted by Gasteiger charge is -2.39. The lowest BCUT2D eigenvalue weighted by molar-refractivity contribution is -0.181. The van der Waals surface area contributed by atoms with Gasteiger partial charge < -0.3 is 15.5 Å². The molecule has 146 valence electrons. The van der Waals surface area contributed by atoms with Crippen molar-refractivity contribution in [1.29, 1.82) is 0 Å². The molecule has 1 fully saturated rings. The van der Waals surface area contributed by atoms with Gasteiger partial charge in [0.1, 0.15) is 6.04 Å². The van der Waals surface area contributed by atoms with Gasteiger partial charge in [-0.05, 0) is 13.8 Å². The molecule has 0 bridgehead atoms. The summed E-state index contributed by atoms with van der Waals surface area (Å²) in [7, 11) is 0. The second-order valence-electron chi connectivity index (χ2n) is 6.42. The molecule has 0 aliphatic carbocycles. The first kappa shape index (κ1) is 21.5. The highest BCUT2D eigenvalue weighted by atomic mass is 19.4. The van der Waals surface area contributed by atoms with E-state index in [1.165, 1.54) is 11.8 Å². The van der Waals surface area contributed by atoms with Crippen LogP contribution in [0.3, 0.4) is 0 Å². The van der Waals surface area contributed by atoms with E-state index in [0.717, 1.165) is 0 Å². The average molecular weight is 365 g/mol. The number of carbonyl (C=O) groups is 1. The molecule has 0 aromatic rings. The Labute approximate surface area is 147 Å². The van der Waals surface area contributed by atoms with Crippen molar-refractivity contribution in [2.45, 2.75) is 39.9 Å². The van der Waals surface area contributed by atoms with Crippen LogP contribution < -0.4 is 10.6 Å². The molecule has 0 saturated carbocycles. The molecule has 0 aromatic carbocycles. The second kappa shape index (κ2) is 9.84. The van der Waals surface area contributed by atoms with Crippen LogP contribution in [0.4, 0.5) is 13.2 Å². The average Bonchev–Trinajstić information content (AvgIpc) is 2.56. The van der Waals surface area contributed by atoms with Crippen LogP contribution in [0.15, 0.2) is 4.99 Å². The van der Waals surface area contributed by atoms with E-state index in [-0.39, 0.29) is 11.8 Å². The topological polar surface area (TPSA) is 60.0 Å². The zero-order chi connectivity index (χ0) is 19.0. The van der Waals surface area contributed by atoms with E-state index in [9.17, 15) is 18.0 Å². The van der Waals surface area contributed by atoms with Crippen LogP contribution in [0.1, 0.15) is 27.7 Å². The number of nitrogens with zero attached hydrogens (tertiary/aromatic N) is 3. The zero-order valence-corrected chi connectivity index (χ0v) is 15.5. The Bertz CT molecular complexity index is 446. The quantitative estimate of drug-likeness (QED) is 0.423. The van der Waals surface area contributed by atoms with Crippen molar-refractivity contribution in [3.05, 3.63) is 0 Å². The summed E-state index contributed by atoms with van der Waals surface area (Å²) in [4.78, 5) is 19.4. The summed E-state index contributed by atoms with van der Waals surface area (Å²) in [5.41, 5.74) is 0. The van der Waals surface area contributed by atoms with Gasteiger partial charge in [0.05, 0.1) is 6.54 Å². The Hall–Kier alpha value is -1.51. The molecule has 1 aliphatic heterocycles. The number of halogens is 3. The Morgan fingerprint density at radius 2 is 1.72 bits per heavy atom. The lowest BCUT2D eigenvalue weighted by Crippen LogP contribution is -2.56. The van der Waals surface area contributed by atoms with Crippen molar-refractivity contribution in [3.63, 3.8) is 0 Å². The molecule has 1 saturated heterocycles. The van der Waals surface area contributed by atoms with E-state index in [0.29, 0.717) is 51.8 Å². The van der Waals surface area contributed by atoms with Crippen LogP contribution in [-0.4, -0.2) is 79.7 Å². The van der Waals surface area contributed by atoms with Gasteiger partial charge in [0.2, 0.25) is 5.91 Å². The molecule has 1 amide bonds. The van der Waals surface area contributed by atoms with E-state index in [1.807, 2.05) is 25.7 Å². The number of hydrogen-bond acceptors (Lipinski definition) is 3. The van der Waals surface area contributed by atoms with Crippen LogP contribution in [-0.2, 0) is 4.79 Å². The van der Waals surface area contributed by atoms with E-state index >= 15 is 0 Å². The Balaban J connectivity index is 2.52. The number of rotatable bonds is 6. The summed E-state index contributed by atoms with van der Waals surface area (Å²) < 4.78 is 38.4. The predicted octanol–water partition coefficient (Wildman–Crippen LogP) is 1.29. The number of nitrogens with one attached hydrogen (secondary N) is 2. The lowest BCUT2D eigenvalue weighted by atomic mass is 10.2. The number of hydrogen-bond donors (Lipinski definition) is 2. The number of guanidine groups is 1. The summed E-state index contributed by atoms with van der Waals surface area (Å²) in [5.74, 6) is 0.594. The molecule has 9 heteroatoms.